The van der Waals surface area contributed by atoms with Gasteiger partial charge in [-0.25, -0.2) is 0 Å². The van der Waals surface area contributed by atoms with Crippen LogP contribution in [0.2, 0.25) is 0 Å². The van der Waals surface area contributed by atoms with Crippen LogP contribution in [0.15, 0.2) is 18.2 Å². The number of nitrogens with zero attached hydrogens (tertiary/aromatic N) is 2. The number of hydrogen-bond donors (Lipinski definition) is 1. The molecule has 0 aliphatic carbocycles. The van der Waals surface area contributed by atoms with Crippen molar-refractivity contribution in [2.24, 2.45) is 0 Å². The zero-order valence-corrected chi connectivity index (χ0v) is 13.2. The molecule has 1 aromatic carbocycles. The molecule has 0 saturated heterocycles. The Morgan fingerprint density at radius 1 is 1.21 bits per heavy atom. The molecule has 1 aromatic heterocycles. The van der Waals surface area contributed by atoms with Gasteiger partial charge in [0.05, 0.1) is 11.3 Å². The molecule has 0 spiro atoms. The fraction of sp³-hybridized carbons (Fsp3) is 0.333. The van der Waals surface area contributed by atoms with E-state index in [9.17, 15) is 10.1 Å². The van der Waals surface area contributed by atoms with Crippen LogP contribution in [0.1, 0.15) is 40.2 Å². The summed E-state index contributed by atoms with van der Waals surface area (Å²) in [6.07, 6.45) is 2.77. The maximum absolute atomic E-state index is 13.0. The maximum atomic E-state index is 13.0. The van der Waals surface area contributed by atoms with Gasteiger partial charge in [0, 0.05) is 17.8 Å². The fourth-order valence-electron chi connectivity index (χ4n) is 3.45. The highest BCUT2D eigenvalue weighted by Crippen LogP contribution is 2.34. The third-order valence-corrected chi connectivity index (χ3v) is 4.59. The molecule has 24 heavy (non-hydrogen) atoms. The highest BCUT2D eigenvalue weighted by molar-refractivity contribution is 6.12. The number of rotatable bonds is 2. The van der Waals surface area contributed by atoms with E-state index in [-0.39, 0.29) is 11.5 Å². The van der Waals surface area contributed by atoms with Gasteiger partial charge in [-0.05, 0) is 37.5 Å². The van der Waals surface area contributed by atoms with Gasteiger partial charge in [0.25, 0.3) is 0 Å². The smallest absolute Gasteiger partial charge is 0.211 e. The molecule has 3 heterocycles. The molecule has 2 aromatic rings. The summed E-state index contributed by atoms with van der Waals surface area (Å²) in [7, 11) is 0. The number of nitrogen functional groups attached to an aromatic ring is 1. The van der Waals surface area contributed by atoms with E-state index in [1.165, 1.54) is 0 Å². The molecule has 0 radical (unpaired) electrons. The largest absolute Gasteiger partial charge is 0.486 e. The van der Waals surface area contributed by atoms with E-state index in [2.05, 4.69) is 6.07 Å². The number of ketones is 1. The summed E-state index contributed by atoms with van der Waals surface area (Å²) >= 11 is 0. The summed E-state index contributed by atoms with van der Waals surface area (Å²) in [6.45, 7) is 1.68. The van der Waals surface area contributed by atoms with Crippen LogP contribution < -0.4 is 15.2 Å². The zero-order valence-electron chi connectivity index (χ0n) is 13.2. The molecule has 0 unspecified atom stereocenters. The lowest BCUT2D eigenvalue weighted by Gasteiger charge is -2.20. The van der Waals surface area contributed by atoms with Crippen LogP contribution in [0.3, 0.4) is 0 Å². The van der Waals surface area contributed by atoms with E-state index in [4.69, 9.17) is 15.2 Å². The van der Waals surface area contributed by atoms with Crippen molar-refractivity contribution in [3.63, 3.8) is 0 Å². The Morgan fingerprint density at radius 2 is 2.00 bits per heavy atom. The Labute approximate surface area is 139 Å². The van der Waals surface area contributed by atoms with Gasteiger partial charge in [0.1, 0.15) is 25.0 Å². The van der Waals surface area contributed by atoms with Crippen LogP contribution in [-0.4, -0.2) is 23.6 Å². The van der Waals surface area contributed by atoms with Gasteiger partial charge in [-0.1, -0.05) is 0 Å². The van der Waals surface area contributed by atoms with Gasteiger partial charge >= 0.3 is 0 Å². The van der Waals surface area contributed by atoms with Gasteiger partial charge in [-0.3, -0.25) is 4.79 Å². The Hall–Kier alpha value is -2.94. The van der Waals surface area contributed by atoms with E-state index in [1.54, 1.807) is 18.2 Å². The SMILES string of the molecule is N#Cc1c(N)c(C(=O)c2ccc3c(c2)OCCO3)n2c1CCCC2. The molecule has 2 aliphatic heterocycles. The third kappa shape index (κ3) is 2.13. The summed E-state index contributed by atoms with van der Waals surface area (Å²) in [6, 6.07) is 7.29. The van der Waals surface area contributed by atoms with E-state index >= 15 is 0 Å². The summed E-state index contributed by atoms with van der Waals surface area (Å²) in [5, 5.41) is 9.41. The quantitative estimate of drug-likeness (QED) is 0.856. The number of carbonyl (C=O) groups is 1. The van der Waals surface area contributed by atoms with Gasteiger partial charge < -0.3 is 19.8 Å². The summed E-state index contributed by atoms with van der Waals surface area (Å²) in [4.78, 5) is 13.0. The number of nitriles is 1. The molecule has 0 amide bonds. The van der Waals surface area contributed by atoms with Crippen LogP contribution in [0.25, 0.3) is 0 Å². The Morgan fingerprint density at radius 3 is 2.79 bits per heavy atom. The second kappa shape index (κ2) is 5.60. The first-order valence-electron chi connectivity index (χ1n) is 8.06. The minimum atomic E-state index is -0.186. The first kappa shape index (κ1) is 14.6. The first-order chi connectivity index (χ1) is 11.7. The maximum Gasteiger partial charge on any atom is 0.211 e. The predicted octanol–water partition coefficient (Wildman–Crippen LogP) is 2.28. The number of aromatic nitrogens is 1. The van der Waals surface area contributed by atoms with Crippen LogP contribution >= 0.6 is 0 Å². The van der Waals surface area contributed by atoms with Crippen molar-refractivity contribution >= 4 is 11.5 Å². The van der Waals surface area contributed by atoms with Gasteiger partial charge in [0.15, 0.2) is 11.5 Å². The number of ether oxygens (including phenoxy) is 2. The van der Waals surface area contributed by atoms with E-state index in [1.807, 2.05) is 4.57 Å². The minimum Gasteiger partial charge on any atom is -0.486 e. The van der Waals surface area contributed by atoms with E-state index in [0.29, 0.717) is 48.1 Å². The van der Waals surface area contributed by atoms with Crippen molar-refractivity contribution < 1.29 is 14.3 Å². The number of hydrogen-bond acceptors (Lipinski definition) is 5. The lowest BCUT2D eigenvalue weighted by molar-refractivity contribution is 0.102. The second-order valence-corrected chi connectivity index (χ2v) is 5.99. The standard InChI is InChI=1S/C18H17N3O3/c19-10-12-13-3-1-2-6-21(13)17(16(12)20)18(22)11-4-5-14-15(9-11)24-8-7-23-14/h4-5,9H,1-3,6-8,20H2. The van der Waals surface area contributed by atoms with Crippen molar-refractivity contribution in [3.8, 4) is 17.6 Å². The normalized spacial score (nSPS) is 15.5. The molecule has 0 saturated carbocycles. The Balaban J connectivity index is 1.81. The molecule has 122 valence electrons. The van der Waals surface area contributed by atoms with Gasteiger partial charge in [-0.15, -0.1) is 0 Å². The summed E-state index contributed by atoms with van der Waals surface area (Å²) in [5.74, 6) is 1.02. The number of benzene rings is 1. The van der Waals surface area contributed by atoms with Gasteiger partial charge in [0.2, 0.25) is 5.78 Å². The zero-order chi connectivity index (χ0) is 16.7. The monoisotopic (exact) mass is 323 g/mol. The lowest BCUT2D eigenvalue weighted by Crippen LogP contribution is -2.18. The molecule has 2 N–H and O–H groups in total. The van der Waals surface area contributed by atoms with Crippen LogP contribution in [0.4, 0.5) is 5.69 Å². The topological polar surface area (TPSA) is 90.3 Å². The Kier molecular flexibility index (Phi) is 3.42. The summed E-state index contributed by atoms with van der Waals surface area (Å²) < 4.78 is 13.0. The molecular formula is C18H17N3O3. The molecule has 2 aliphatic rings. The number of anilines is 1. The van der Waals surface area contributed by atoms with Crippen molar-refractivity contribution in [2.75, 3.05) is 18.9 Å². The first-order valence-corrected chi connectivity index (χ1v) is 8.06. The minimum absolute atomic E-state index is 0.186. The number of fused-ring (bicyclic) bond motifs is 2. The third-order valence-electron chi connectivity index (χ3n) is 4.59. The van der Waals surface area contributed by atoms with E-state index in [0.717, 1.165) is 25.0 Å². The number of nitrogens with two attached hydrogens (primary N) is 1. The summed E-state index contributed by atoms with van der Waals surface area (Å²) in [5.41, 5.74) is 8.66. The molecule has 6 heteroatoms. The van der Waals surface area contributed by atoms with Crippen LogP contribution in [-0.2, 0) is 13.0 Å². The average molecular weight is 323 g/mol. The highest BCUT2D eigenvalue weighted by atomic mass is 16.6. The molecule has 0 bridgehead atoms. The van der Waals surface area contributed by atoms with E-state index < -0.39 is 0 Å². The van der Waals surface area contributed by atoms with Crippen molar-refractivity contribution in [1.29, 1.82) is 5.26 Å². The van der Waals surface area contributed by atoms with Gasteiger partial charge in [-0.2, -0.15) is 5.26 Å². The lowest BCUT2D eigenvalue weighted by atomic mass is 10.1. The number of carbonyl (C=O) groups excluding carboxylic acids is 1. The predicted molar refractivity (Wildman–Crippen MR) is 87.4 cm³/mol. The molecule has 0 fully saturated rings. The molecular weight excluding hydrogens is 306 g/mol. The second-order valence-electron chi connectivity index (χ2n) is 5.99. The Bertz CT molecular complexity index is 877. The molecule has 4 rings (SSSR count). The van der Waals surface area contributed by atoms with Crippen LogP contribution in [0, 0.1) is 11.3 Å². The molecule has 0 atom stereocenters. The van der Waals surface area contributed by atoms with Crippen molar-refractivity contribution in [2.45, 2.75) is 25.8 Å². The fourth-order valence-corrected chi connectivity index (χ4v) is 3.45. The van der Waals surface area contributed by atoms with Crippen LogP contribution in [0.5, 0.6) is 11.5 Å². The molecule has 6 nitrogen and oxygen atoms in total. The average Bonchev–Trinajstić information content (AvgIpc) is 2.91. The van der Waals surface area contributed by atoms with Crippen molar-refractivity contribution in [1.82, 2.24) is 4.57 Å². The highest BCUT2D eigenvalue weighted by Gasteiger charge is 2.28. The van der Waals surface area contributed by atoms with Crippen molar-refractivity contribution in [3.05, 3.63) is 40.7 Å².